The number of aromatic nitrogens is 2. The number of nitrogens with zero attached hydrogens (tertiary/aromatic N) is 2. The first-order valence-corrected chi connectivity index (χ1v) is 7.37. The van der Waals surface area contributed by atoms with E-state index in [1.54, 1.807) is 21.1 Å². The third-order valence-electron chi connectivity index (χ3n) is 3.71. The van der Waals surface area contributed by atoms with Crippen LogP contribution in [0.4, 0.5) is 5.69 Å². The van der Waals surface area contributed by atoms with Gasteiger partial charge in [-0.3, -0.25) is 9.48 Å². The van der Waals surface area contributed by atoms with E-state index in [4.69, 9.17) is 16.3 Å². The minimum Gasteiger partial charge on any atom is -0.377 e. The summed E-state index contributed by atoms with van der Waals surface area (Å²) in [6.45, 7) is 5.69. The summed E-state index contributed by atoms with van der Waals surface area (Å²) in [4.78, 5) is 12.6. The first-order chi connectivity index (χ1) is 10.4. The molecule has 5 nitrogen and oxygen atoms in total. The molecule has 0 aliphatic rings. The van der Waals surface area contributed by atoms with Crippen LogP contribution < -0.4 is 5.32 Å². The van der Waals surface area contributed by atoms with Crippen LogP contribution in [0.1, 0.15) is 40.2 Å². The lowest BCUT2D eigenvalue weighted by Gasteiger charge is -2.18. The highest BCUT2D eigenvalue weighted by molar-refractivity contribution is 6.33. The van der Waals surface area contributed by atoms with Crippen molar-refractivity contribution < 1.29 is 9.53 Å². The minimum absolute atomic E-state index is 0.123. The van der Waals surface area contributed by atoms with E-state index in [0.29, 0.717) is 16.4 Å². The van der Waals surface area contributed by atoms with Crippen LogP contribution in [0, 0.1) is 13.8 Å². The lowest BCUT2D eigenvalue weighted by atomic mass is 10.0. The molecule has 0 aliphatic carbocycles. The fraction of sp³-hybridized carbons (Fsp3) is 0.375. The van der Waals surface area contributed by atoms with Gasteiger partial charge in [0, 0.05) is 25.4 Å². The highest BCUT2D eigenvalue weighted by Gasteiger charge is 2.21. The zero-order chi connectivity index (χ0) is 16.4. The normalized spacial score (nSPS) is 12.3. The van der Waals surface area contributed by atoms with Gasteiger partial charge in [0.15, 0.2) is 0 Å². The number of ether oxygens (including phenoxy) is 1. The van der Waals surface area contributed by atoms with Crippen molar-refractivity contribution in [1.29, 1.82) is 0 Å². The zero-order valence-corrected chi connectivity index (χ0v) is 14.2. The number of rotatable bonds is 4. The van der Waals surface area contributed by atoms with Crippen LogP contribution in [-0.4, -0.2) is 22.8 Å². The van der Waals surface area contributed by atoms with Crippen molar-refractivity contribution in [3.63, 3.8) is 0 Å². The van der Waals surface area contributed by atoms with E-state index in [-0.39, 0.29) is 12.0 Å². The molecule has 118 valence electrons. The van der Waals surface area contributed by atoms with E-state index < -0.39 is 0 Å². The quantitative estimate of drug-likeness (QED) is 0.935. The summed E-state index contributed by atoms with van der Waals surface area (Å²) in [6, 6.07) is 5.74. The second-order valence-corrected chi connectivity index (χ2v) is 5.60. The summed E-state index contributed by atoms with van der Waals surface area (Å²) < 4.78 is 6.89. The third-order valence-corrected chi connectivity index (χ3v) is 4.15. The monoisotopic (exact) mass is 321 g/mol. The second kappa shape index (κ2) is 6.50. The molecule has 1 N–H and O–H groups in total. The zero-order valence-electron chi connectivity index (χ0n) is 13.4. The number of benzene rings is 1. The van der Waals surface area contributed by atoms with Crippen molar-refractivity contribution in [1.82, 2.24) is 9.78 Å². The van der Waals surface area contributed by atoms with Gasteiger partial charge in [-0.25, -0.2) is 0 Å². The molecule has 0 radical (unpaired) electrons. The Labute approximate surface area is 135 Å². The Morgan fingerprint density at radius 1 is 1.41 bits per heavy atom. The largest absolute Gasteiger partial charge is 0.377 e. The maximum atomic E-state index is 12.6. The van der Waals surface area contributed by atoms with Crippen LogP contribution in [-0.2, 0) is 11.8 Å². The Hall–Kier alpha value is -1.85. The van der Waals surface area contributed by atoms with Crippen molar-refractivity contribution >= 4 is 23.2 Å². The van der Waals surface area contributed by atoms with E-state index in [9.17, 15) is 4.79 Å². The summed E-state index contributed by atoms with van der Waals surface area (Å²) in [5.41, 5.74) is 3.72. The SMILES string of the molecule is COC(C)c1c(C)cccc1NC(=O)c1c(C)nn(C)c1Cl. The molecule has 22 heavy (non-hydrogen) atoms. The van der Waals surface area contributed by atoms with Crippen molar-refractivity contribution in [2.24, 2.45) is 7.05 Å². The third kappa shape index (κ3) is 3.00. The van der Waals surface area contributed by atoms with E-state index in [2.05, 4.69) is 10.4 Å². The molecule has 1 heterocycles. The Balaban J connectivity index is 2.39. The first-order valence-electron chi connectivity index (χ1n) is 6.99. The highest BCUT2D eigenvalue weighted by atomic mass is 35.5. The predicted molar refractivity (Wildman–Crippen MR) is 87.5 cm³/mol. The second-order valence-electron chi connectivity index (χ2n) is 5.24. The molecule has 1 aromatic carbocycles. The van der Waals surface area contributed by atoms with Gasteiger partial charge in [0.1, 0.15) is 5.15 Å². The summed E-state index contributed by atoms with van der Waals surface area (Å²) in [5.74, 6) is -0.272. The lowest BCUT2D eigenvalue weighted by Crippen LogP contribution is -2.16. The van der Waals surface area contributed by atoms with Gasteiger partial charge in [-0.1, -0.05) is 23.7 Å². The van der Waals surface area contributed by atoms with E-state index in [1.165, 1.54) is 4.68 Å². The standard InChI is InChI=1S/C16H20ClN3O2/c1-9-7-6-8-12(13(9)11(3)22-5)18-16(21)14-10(2)19-20(4)15(14)17/h6-8,11H,1-5H3,(H,18,21). The number of carbonyl (C=O) groups excluding carboxylic acids is 1. The average Bonchev–Trinajstić information content (AvgIpc) is 2.71. The van der Waals surface area contributed by atoms with Crippen LogP contribution in [0.5, 0.6) is 0 Å². The minimum atomic E-state index is -0.272. The topological polar surface area (TPSA) is 56.1 Å². The molecule has 2 rings (SSSR count). The number of hydrogen-bond acceptors (Lipinski definition) is 3. The number of anilines is 1. The molecule has 1 unspecified atom stereocenters. The molecule has 6 heteroatoms. The van der Waals surface area contributed by atoms with E-state index >= 15 is 0 Å². The Morgan fingerprint density at radius 3 is 2.64 bits per heavy atom. The molecule has 0 saturated carbocycles. The van der Waals surface area contributed by atoms with Gasteiger partial charge in [-0.05, 0) is 32.4 Å². The van der Waals surface area contributed by atoms with Crippen molar-refractivity contribution in [2.45, 2.75) is 26.9 Å². The Kier molecular flexibility index (Phi) is 4.88. The van der Waals surface area contributed by atoms with Gasteiger partial charge in [-0.2, -0.15) is 5.10 Å². The molecular formula is C16H20ClN3O2. The number of carbonyl (C=O) groups is 1. The number of methoxy groups -OCH3 is 1. The van der Waals surface area contributed by atoms with Crippen LogP contribution in [0.2, 0.25) is 5.15 Å². The number of aryl methyl sites for hydroxylation is 3. The van der Waals surface area contributed by atoms with Crippen molar-refractivity contribution in [3.05, 3.63) is 45.7 Å². The molecule has 0 aliphatic heterocycles. The summed E-state index contributed by atoms with van der Waals surface area (Å²) in [6.07, 6.45) is -0.123. The molecule has 1 amide bonds. The Bertz CT molecular complexity index is 710. The van der Waals surface area contributed by atoms with Crippen molar-refractivity contribution in [3.8, 4) is 0 Å². The van der Waals surface area contributed by atoms with E-state index in [1.807, 2.05) is 32.0 Å². The van der Waals surface area contributed by atoms with Crippen LogP contribution in [0.15, 0.2) is 18.2 Å². The molecule has 1 aromatic heterocycles. The van der Waals surface area contributed by atoms with Gasteiger partial charge in [0.2, 0.25) is 0 Å². The molecule has 1 atom stereocenters. The fourth-order valence-corrected chi connectivity index (χ4v) is 2.78. The Morgan fingerprint density at radius 2 is 2.09 bits per heavy atom. The summed E-state index contributed by atoms with van der Waals surface area (Å²) in [5, 5.41) is 7.41. The smallest absolute Gasteiger partial charge is 0.260 e. The average molecular weight is 322 g/mol. The van der Waals surface area contributed by atoms with Crippen LogP contribution >= 0.6 is 11.6 Å². The first kappa shape index (κ1) is 16.5. The van der Waals surface area contributed by atoms with Crippen LogP contribution in [0.25, 0.3) is 0 Å². The van der Waals surface area contributed by atoms with Crippen molar-refractivity contribution in [2.75, 3.05) is 12.4 Å². The lowest BCUT2D eigenvalue weighted by molar-refractivity contribution is 0.102. The highest BCUT2D eigenvalue weighted by Crippen LogP contribution is 2.29. The summed E-state index contributed by atoms with van der Waals surface area (Å²) >= 11 is 6.15. The molecule has 2 aromatic rings. The van der Waals surface area contributed by atoms with Gasteiger partial charge in [0.25, 0.3) is 5.91 Å². The maximum Gasteiger partial charge on any atom is 0.260 e. The number of halogens is 1. The fourth-order valence-electron chi connectivity index (χ4n) is 2.52. The molecule has 0 saturated heterocycles. The van der Waals surface area contributed by atoms with Crippen LogP contribution in [0.3, 0.4) is 0 Å². The van der Waals surface area contributed by atoms with Gasteiger partial charge in [-0.15, -0.1) is 0 Å². The molecular weight excluding hydrogens is 302 g/mol. The number of amides is 1. The number of nitrogens with one attached hydrogen (secondary N) is 1. The van der Waals surface area contributed by atoms with Gasteiger partial charge < -0.3 is 10.1 Å². The van der Waals surface area contributed by atoms with Gasteiger partial charge >= 0.3 is 0 Å². The summed E-state index contributed by atoms with van der Waals surface area (Å²) in [7, 11) is 3.35. The van der Waals surface area contributed by atoms with E-state index in [0.717, 1.165) is 16.8 Å². The van der Waals surface area contributed by atoms with Gasteiger partial charge in [0.05, 0.1) is 17.4 Å². The molecule has 0 fully saturated rings. The predicted octanol–water partition coefficient (Wildman–Crippen LogP) is 3.65. The number of hydrogen-bond donors (Lipinski definition) is 1. The molecule has 0 bridgehead atoms. The molecule has 0 spiro atoms. The maximum absolute atomic E-state index is 12.6.